The highest BCUT2D eigenvalue weighted by atomic mass is 16.5. The second-order valence-corrected chi connectivity index (χ2v) is 4.61. The molecule has 0 saturated carbocycles. The smallest absolute Gasteiger partial charge is 0.130 e. The number of hydrogen-bond acceptors (Lipinski definition) is 3. The molecule has 0 heterocycles. The Morgan fingerprint density at radius 2 is 1.80 bits per heavy atom. The van der Waals surface area contributed by atoms with Gasteiger partial charge in [0.25, 0.3) is 0 Å². The molecule has 0 aliphatic carbocycles. The van der Waals surface area contributed by atoms with Crippen LogP contribution in [0.3, 0.4) is 0 Å². The molecule has 2 rings (SSSR count). The van der Waals surface area contributed by atoms with Crippen LogP contribution in [-0.2, 0) is 12.8 Å². The highest BCUT2D eigenvalue weighted by Crippen LogP contribution is 2.29. The van der Waals surface area contributed by atoms with E-state index in [1.165, 1.54) is 0 Å². The standard InChI is InChI=1S/C17H18N2O/c1-3-12-10-16(7-5-14(12)11-18)20-17-8-6-15(19)9-13(17)4-2/h5-10H,3-4,19H2,1-2H3. The van der Waals surface area contributed by atoms with Crippen molar-refractivity contribution in [2.45, 2.75) is 26.7 Å². The Balaban J connectivity index is 2.33. The summed E-state index contributed by atoms with van der Waals surface area (Å²) in [6.07, 6.45) is 1.67. The molecular formula is C17H18N2O. The first-order chi connectivity index (χ1) is 9.67. The molecule has 0 radical (unpaired) electrons. The molecule has 0 aromatic heterocycles. The van der Waals surface area contributed by atoms with Crippen molar-refractivity contribution in [1.82, 2.24) is 0 Å². The lowest BCUT2D eigenvalue weighted by atomic mass is 10.1. The zero-order chi connectivity index (χ0) is 14.5. The Morgan fingerprint density at radius 3 is 2.45 bits per heavy atom. The first kappa shape index (κ1) is 14.0. The number of ether oxygens (including phenoxy) is 1. The average Bonchev–Trinajstić information content (AvgIpc) is 2.48. The van der Waals surface area contributed by atoms with Crippen LogP contribution in [0, 0.1) is 11.3 Å². The lowest BCUT2D eigenvalue weighted by Crippen LogP contribution is -1.95. The van der Waals surface area contributed by atoms with Gasteiger partial charge in [-0.15, -0.1) is 0 Å². The van der Waals surface area contributed by atoms with Crippen LogP contribution in [0.25, 0.3) is 0 Å². The van der Waals surface area contributed by atoms with Gasteiger partial charge in [0.1, 0.15) is 11.5 Å². The Labute approximate surface area is 119 Å². The van der Waals surface area contributed by atoms with E-state index in [4.69, 9.17) is 15.7 Å². The molecule has 0 unspecified atom stereocenters. The summed E-state index contributed by atoms with van der Waals surface area (Å²) < 4.78 is 5.93. The molecule has 0 spiro atoms. The zero-order valence-corrected chi connectivity index (χ0v) is 11.8. The van der Waals surface area contributed by atoms with E-state index >= 15 is 0 Å². The van der Waals surface area contributed by atoms with Crippen molar-refractivity contribution in [3.8, 4) is 17.6 Å². The van der Waals surface area contributed by atoms with Gasteiger partial charge in [0.15, 0.2) is 0 Å². The van der Waals surface area contributed by atoms with E-state index in [9.17, 15) is 0 Å². The minimum Gasteiger partial charge on any atom is -0.457 e. The summed E-state index contributed by atoms with van der Waals surface area (Å²) in [5.41, 5.74) is 9.30. The molecule has 20 heavy (non-hydrogen) atoms. The van der Waals surface area contributed by atoms with Crippen molar-refractivity contribution in [3.05, 3.63) is 53.1 Å². The van der Waals surface area contributed by atoms with E-state index in [1.807, 2.05) is 37.3 Å². The SMILES string of the molecule is CCc1cc(Oc2ccc(N)cc2CC)ccc1C#N. The minimum atomic E-state index is 0.702. The molecule has 0 saturated heterocycles. The number of aryl methyl sites for hydroxylation is 2. The number of nitrogen functional groups attached to an aromatic ring is 1. The molecule has 0 fully saturated rings. The second-order valence-electron chi connectivity index (χ2n) is 4.61. The van der Waals surface area contributed by atoms with Gasteiger partial charge >= 0.3 is 0 Å². The fourth-order valence-corrected chi connectivity index (χ4v) is 2.14. The maximum absolute atomic E-state index is 9.04. The van der Waals surface area contributed by atoms with Gasteiger partial charge in [-0.25, -0.2) is 0 Å². The molecule has 0 bridgehead atoms. The molecule has 102 valence electrons. The number of hydrogen-bond donors (Lipinski definition) is 1. The molecule has 0 aliphatic rings. The van der Waals surface area contributed by atoms with Crippen LogP contribution in [0.15, 0.2) is 36.4 Å². The maximum atomic E-state index is 9.04. The van der Waals surface area contributed by atoms with Crippen molar-refractivity contribution in [2.75, 3.05) is 5.73 Å². The molecule has 2 aromatic carbocycles. The molecule has 0 aliphatic heterocycles. The van der Waals surface area contributed by atoms with Crippen LogP contribution < -0.4 is 10.5 Å². The van der Waals surface area contributed by atoms with Crippen LogP contribution in [0.1, 0.15) is 30.5 Å². The third-order valence-corrected chi connectivity index (χ3v) is 3.27. The number of anilines is 1. The van der Waals surface area contributed by atoms with Crippen molar-refractivity contribution in [3.63, 3.8) is 0 Å². The predicted molar refractivity (Wildman–Crippen MR) is 80.8 cm³/mol. The van der Waals surface area contributed by atoms with Crippen LogP contribution in [-0.4, -0.2) is 0 Å². The summed E-state index contributed by atoms with van der Waals surface area (Å²) in [4.78, 5) is 0. The summed E-state index contributed by atoms with van der Waals surface area (Å²) in [6, 6.07) is 13.4. The summed E-state index contributed by atoms with van der Waals surface area (Å²) in [5.74, 6) is 1.56. The van der Waals surface area contributed by atoms with Gasteiger partial charge < -0.3 is 10.5 Å². The number of benzene rings is 2. The Hall–Kier alpha value is -2.47. The topological polar surface area (TPSA) is 59.0 Å². The third kappa shape index (κ3) is 2.92. The Morgan fingerprint density at radius 1 is 1.05 bits per heavy atom. The van der Waals surface area contributed by atoms with E-state index in [1.54, 1.807) is 6.07 Å². The average molecular weight is 266 g/mol. The number of nitrogens with zero attached hydrogens (tertiary/aromatic N) is 1. The van der Waals surface area contributed by atoms with Crippen LogP contribution in [0.2, 0.25) is 0 Å². The van der Waals surface area contributed by atoms with E-state index in [0.29, 0.717) is 5.56 Å². The summed E-state index contributed by atoms with van der Waals surface area (Å²) in [5, 5.41) is 9.04. The van der Waals surface area contributed by atoms with Gasteiger partial charge in [-0.05, 0) is 60.4 Å². The van der Waals surface area contributed by atoms with Gasteiger partial charge in [-0.3, -0.25) is 0 Å². The second kappa shape index (κ2) is 6.12. The van der Waals surface area contributed by atoms with Crippen molar-refractivity contribution in [1.29, 1.82) is 5.26 Å². The summed E-state index contributed by atoms with van der Waals surface area (Å²) >= 11 is 0. The fraction of sp³-hybridized carbons (Fsp3) is 0.235. The predicted octanol–water partition coefficient (Wildman–Crippen LogP) is 4.06. The van der Waals surface area contributed by atoms with Crippen molar-refractivity contribution >= 4 is 5.69 Å². The quantitative estimate of drug-likeness (QED) is 0.849. The van der Waals surface area contributed by atoms with Gasteiger partial charge in [-0.1, -0.05) is 13.8 Å². The van der Waals surface area contributed by atoms with E-state index < -0.39 is 0 Å². The first-order valence-corrected chi connectivity index (χ1v) is 6.77. The van der Waals surface area contributed by atoms with Crippen LogP contribution >= 0.6 is 0 Å². The highest BCUT2D eigenvalue weighted by Gasteiger charge is 2.07. The highest BCUT2D eigenvalue weighted by molar-refractivity contribution is 5.50. The number of rotatable bonds is 4. The largest absolute Gasteiger partial charge is 0.457 e. The van der Waals surface area contributed by atoms with Crippen LogP contribution in [0.5, 0.6) is 11.5 Å². The molecule has 0 amide bonds. The number of nitrogens with two attached hydrogens (primary N) is 1. The third-order valence-electron chi connectivity index (χ3n) is 3.27. The normalized spacial score (nSPS) is 10.1. The lowest BCUT2D eigenvalue weighted by Gasteiger charge is -2.12. The maximum Gasteiger partial charge on any atom is 0.130 e. The van der Waals surface area contributed by atoms with Gasteiger partial charge in [-0.2, -0.15) is 5.26 Å². The lowest BCUT2D eigenvalue weighted by molar-refractivity contribution is 0.476. The zero-order valence-electron chi connectivity index (χ0n) is 11.8. The summed E-state index contributed by atoms with van der Waals surface area (Å²) in [6.45, 7) is 4.10. The van der Waals surface area contributed by atoms with Crippen LogP contribution in [0.4, 0.5) is 5.69 Å². The van der Waals surface area contributed by atoms with Gasteiger partial charge in [0.05, 0.1) is 11.6 Å². The van der Waals surface area contributed by atoms with Crippen molar-refractivity contribution in [2.24, 2.45) is 0 Å². The van der Waals surface area contributed by atoms with Crippen molar-refractivity contribution < 1.29 is 4.74 Å². The number of nitriles is 1. The summed E-state index contributed by atoms with van der Waals surface area (Å²) in [7, 11) is 0. The molecule has 2 N–H and O–H groups in total. The van der Waals surface area contributed by atoms with Gasteiger partial charge in [0, 0.05) is 5.69 Å². The van der Waals surface area contributed by atoms with E-state index in [0.717, 1.165) is 41.2 Å². The first-order valence-electron chi connectivity index (χ1n) is 6.77. The van der Waals surface area contributed by atoms with Gasteiger partial charge in [0.2, 0.25) is 0 Å². The molecular weight excluding hydrogens is 248 g/mol. The molecule has 0 atom stereocenters. The minimum absolute atomic E-state index is 0.702. The van der Waals surface area contributed by atoms with E-state index in [-0.39, 0.29) is 0 Å². The molecule has 3 nitrogen and oxygen atoms in total. The Kier molecular flexibility index (Phi) is 4.27. The fourth-order valence-electron chi connectivity index (χ4n) is 2.14. The van der Waals surface area contributed by atoms with E-state index in [2.05, 4.69) is 13.0 Å². The molecule has 3 heteroatoms. The monoisotopic (exact) mass is 266 g/mol. The molecule has 2 aromatic rings. The Bertz CT molecular complexity index is 657.